The van der Waals surface area contributed by atoms with Gasteiger partial charge in [-0.15, -0.1) is 0 Å². The van der Waals surface area contributed by atoms with Gasteiger partial charge in [-0.25, -0.2) is 13.1 Å². The maximum Gasteiger partial charge on any atom is 0.215 e. The van der Waals surface area contributed by atoms with E-state index in [2.05, 4.69) is 4.72 Å². The number of sulfonamides is 1. The number of rotatable bonds is 6. The smallest absolute Gasteiger partial charge is 0.215 e. The Morgan fingerprint density at radius 3 is 2.14 bits per heavy atom. The normalized spacial score (nSPS) is 18.5. The molecule has 0 radical (unpaired) electrons. The van der Waals surface area contributed by atoms with Crippen molar-refractivity contribution in [2.24, 2.45) is 0 Å². The van der Waals surface area contributed by atoms with E-state index in [-0.39, 0.29) is 18.5 Å². The molecule has 1 rings (SSSR count). The minimum Gasteiger partial charge on any atom is -0.394 e. The zero-order chi connectivity index (χ0) is 10.8. The summed E-state index contributed by atoms with van der Waals surface area (Å²) in [6.45, 7) is 0.958. The molecule has 0 atom stereocenters. The average molecular weight is 223 g/mol. The molecule has 84 valence electrons. The quantitative estimate of drug-likeness (QED) is 0.550. The van der Waals surface area contributed by atoms with Crippen molar-refractivity contribution >= 4 is 10.0 Å². The lowest BCUT2D eigenvalue weighted by atomic mass is 10.0. The third-order valence-corrected chi connectivity index (χ3v) is 4.67. The van der Waals surface area contributed by atoms with Crippen LogP contribution >= 0.6 is 0 Å². The molecule has 0 unspecified atom stereocenters. The van der Waals surface area contributed by atoms with Crippen LogP contribution < -0.4 is 4.72 Å². The van der Waals surface area contributed by atoms with Crippen LogP contribution in [-0.4, -0.2) is 42.6 Å². The van der Waals surface area contributed by atoms with E-state index in [9.17, 15) is 8.42 Å². The van der Waals surface area contributed by atoms with Gasteiger partial charge in [0.1, 0.15) is 0 Å². The fraction of sp³-hybridized carbons (Fsp3) is 1.00. The molecular formula is C8H17NO4S. The summed E-state index contributed by atoms with van der Waals surface area (Å²) in [5.41, 5.74) is -1.10. The van der Waals surface area contributed by atoms with Gasteiger partial charge in [-0.2, -0.15) is 0 Å². The number of hydrogen-bond acceptors (Lipinski definition) is 4. The Bertz CT molecular complexity index is 271. The highest BCUT2D eigenvalue weighted by Crippen LogP contribution is 2.29. The van der Waals surface area contributed by atoms with Crippen LogP contribution in [0.1, 0.15) is 26.2 Å². The molecule has 5 nitrogen and oxygen atoms in total. The molecule has 1 saturated carbocycles. The first kappa shape index (κ1) is 11.9. The van der Waals surface area contributed by atoms with E-state index in [1.165, 1.54) is 0 Å². The summed E-state index contributed by atoms with van der Waals surface area (Å²) in [6, 6.07) is 0. The average Bonchev–Trinajstić information content (AvgIpc) is 2.97. The molecule has 0 amide bonds. The summed E-state index contributed by atoms with van der Waals surface area (Å²) in [4.78, 5) is 0. The highest BCUT2D eigenvalue weighted by atomic mass is 32.2. The fourth-order valence-corrected chi connectivity index (χ4v) is 2.97. The van der Waals surface area contributed by atoms with Gasteiger partial charge in [-0.05, 0) is 19.3 Å². The molecule has 0 bridgehead atoms. The number of nitrogens with one attached hydrogen (secondary N) is 1. The van der Waals surface area contributed by atoms with Crippen molar-refractivity contribution in [3.63, 3.8) is 0 Å². The third kappa shape index (κ3) is 2.44. The van der Waals surface area contributed by atoms with E-state index in [1.54, 1.807) is 6.92 Å². The molecule has 0 aromatic heterocycles. The summed E-state index contributed by atoms with van der Waals surface area (Å²) in [5, 5.41) is 17.8. The first-order chi connectivity index (χ1) is 6.49. The number of aliphatic hydroxyl groups excluding tert-OH is 2. The number of hydrogen-bond donors (Lipinski definition) is 3. The van der Waals surface area contributed by atoms with E-state index in [0.717, 1.165) is 0 Å². The molecule has 6 heteroatoms. The Kier molecular flexibility index (Phi) is 3.52. The van der Waals surface area contributed by atoms with E-state index in [1.807, 2.05) is 0 Å². The van der Waals surface area contributed by atoms with Crippen LogP contribution in [0.4, 0.5) is 0 Å². The summed E-state index contributed by atoms with van der Waals surface area (Å²) >= 11 is 0. The van der Waals surface area contributed by atoms with E-state index >= 15 is 0 Å². The van der Waals surface area contributed by atoms with Gasteiger partial charge in [0.05, 0.1) is 24.0 Å². The van der Waals surface area contributed by atoms with Crippen molar-refractivity contribution in [3.05, 3.63) is 0 Å². The first-order valence-corrected chi connectivity index (χ1v) is 6.29. The molecule has 0 saturated heterocycles. The minimum atomic E-state index is -3.35. The lowest BCUT2D eigenvalue weighted by Crippen LogP contribution is -2.54. The molecule has 14 heavy (non-hydrogen) atoms. The third-order valence-electron chi connectivity index (χ3n) is 2.60. The van der Waals surface area contributed by atoms with Gasteiger partial charge in [-0.1, -0.05) is 6.92 Å². The summed E-state index contributed by atoms with van der Waals surface area (Å²) < 4.78 is 25.5. The van der Waals surface area contributed by atoms with Gasteiger partial charge in [0.15, 0.2) is 0 Å². The van der Waals surface area contributed by atoms with Crippen LogP contribution in [0.5, 0.6) is 0 Å². The Morgan fingerprint density at radius 2 is 1.86 bits per heavy atom. The minimum absolute atomic E-state index is 0.327. The van der Waals surface area contributed by atoms with Gasteiger partial charge < -0.3 is 10.2 Å². The van der Waals surface area contributed by atoms with Gasteiger partial charge in [0.2, 0.25) is 10.0 Å². The largest absolute Gasteiger partial charge is 0.394 e. The molecular weight excluding hydrogens is 206 g/mol. The molecule has 0 spiro atoms. The van der Waals surface area contributed by atoms with Crippen LogP contribution in [0.15, 0.2) is 0 Å². The van der Waals surface area contributed by atoms with Crippen LogP contribution in [-0.2, 0) is 10.0 Å². The van der Waals surface area contributed by atoms with Gasteiger partial charge in [0, 0.05) is 0 Å². The van der Waals surface area contributed by atoms with E-state index < -0.39 is 15.6 Å². The lowest BCUT2D eigenvalue weighted by Gasteiger charge is -2.29. The predicted octanol–water partition coefficient (Wildman–Crippen LogP) is -0.798. The summed E-state index contributed by atoms with van der Waals surface area (Å²) in [5.74, 6) is 0. The Balaban J connectivity index is 2.72. The SMILES string of the molecule is CCC(CO)(CO)NS(=O)(=O)C1CC1. The molecule has 1 aliphatic rings. The van der Waals surface area contributed by atoms with Crippen LogP contribution in [0.2, 0.25) is 0 Å². The second-order valence-corrected chi connectivity index (χ2v) is 5.76. The van der Waals surface area contributed by atoms with E-state index in [0.29, 0.717) is 19.3 Å². The zero-order valence-corrected chi connectivity index (χ0v) is 9.05. The van der Waals surface area contributed by atoms with Gasteiger partial charge >= 0.3 is 0 Å². The molecule has 3 N–H and O–H groups in total. The highest BCUT2D eigenvalue weighted by molar-refractivity contribution is 7.90. The van der Waals surface area contributed by atoms with Crippen molar-refractivity contribution < 1.29 is 18.6 Å². The van der Waals surface area contributed by atoms with Crippen molar-refractivity contribution in [1.82, 2.24) is 4.72 Å². The Hall–Kier alpha value is -0.170. The maximum absolute atomic E-state index is 11.6. The molecule has 1 aliphatic carbocycles. The number of aliphatic hydroxyl groups is 2. The van der Waals surface area contributed by atoms with Crippen LogP contribution in [0.3, 0.4) is 0 Å². The van der Waals surface area contributed by atoms with E-state index in [4.69, 9.17) is 10.2 Å². The molecule has 1 fully saturated rings. The van der Waals surface area contributed by atoms with Gasteiger partial charge in [0.25, 0.3) is 0 Å². The summed E-state index contributed by atoms with van der Waals surface area (Å²) in [7, 11) is -3.35. The van der Waals surface area contributed by atoms with Crippen molar-refractivity contribution in [1.29, 1.82) is 0 Å². The Labute approximate surface area is 84.2 Å². The molecule has 0 aromatic carbocycles. The Morgan fingerprint density at radius 1 is 1.36 bits per heavy atom. The first-order valence-electron chi connectivity index (χ1n) is 4.74. The lowest BCUT2D eigenvalue weighted by molar-refractivity contribution is 0.105. The second kappa shape index (κ2) is 4.14. The highest BCUT2D eigenvalue weighted by Gasteiger charge is 2.41. The molecule has 0 aromatic rings. The zero-order valence-electron chi connectivity index (χ0n) is 8.23. The van der Waals surface area contributed by atoms with Crippen LogP contribution in [0, 0.1) is 0 Å². The van der Waals surface area contributed by atoms with Crippen molar-refractivity contribution in [2.45, 2.75) is 37.0 Å². The topological polar surface area (TPSA) is 86.6 Å². The fourth-order valence-electron chi connectivity index (χ4n) is 1.17. The standard InChI is InChI=1S/C8H17NO4S/c1-2-8(5-10,6-11)9-14(12,13)7-3-4-7/h7,9-11H,2-6H2,1H3. The molecule has 0 heterocycles. The summed E-state index contributed by atoms with van der Waals surface area (Å²) in [6.07, 6.45) is 1.71. The van der Waals surface area contributed by atoms with Crippen molar-refractivity contribution in [3.8, 4) is 0 Å². The van der Waals surface area contributed by atoms with Crippen molar-refractivity contribution in [2.75, 3.05) is 13.2 Å². The van der Waals surface area contributed by atoms with Crippen LogP contribution in [0.25, 0.3) is 0 Å². The maximum atomic E-state index is 11.6. The predicted molar refractivity (Wildman–Crippen MR) is 52.3 cm³/mol. The van der Waals surface area contributed by atoms with Gasteiger partial charge in [-0.3, -0.25) is 0 Å². The second-order valence-electron chi connectivity index (χ2n) is 3.80. The monoisotopic (exact) mass is 223 g/mol. The molecule has 0 aliphatic heterocycles.